The summed E-state index contributed by atoms with van der Waals surface area (Å²) in [6.07, 6.45) is 0. The van der Waals surface area contributed by atoms with Crippen LogP contribution in [0.4, 0.5) is 0 Å². The topological polar surface area (TPSA) is 52.0 Å². The predicted molar refractivity (Wildman–Crippen MR) is 49.6 cm³/mol. The van der Waals surface area contributed by atoms with E-state index in [1.807, 2.05) is 18.2 Å². The van der Waals surface area contributed by atoms with Crippen molar-refractivity contribution in [3.8, 4) is 0 Å². The third-order valence-corrected chi connectivity index (χ3v) is 2.30. The molecule has 0 bridgehead atoms. The summed E-state index contributed by atoms with van der Waals surface area (Å²) in [5.74, 6) is 0. The quantitative estimate of drug-likeness (QED) is 0.810. The zero-order valence-electron chi connectivity index (χ0n) is 6.25. The van der Waals surface area contributed by atoms with E-state index in [0.717, 1.165) is 21.1 Å². The fourth-order valence-electron chi connectivity index (χ4n) is 1.19. The summed E-state index contributed by atoms with van der Waals surface area (Å²) in [4.78, 5) is 0. The van der Waals surface area contributed by atoms with Gasteiger partial charge in [0, 0.05) is 6.54 Å². The molecular formula is C8H7BrN2O. The Hall–Kier alpha value is -0.870. The van der Waals surface area contributed by atoms with Gasteiger partial charge in [0.15, 0.2) is 10.2 Å². The van der Waals surface area contributed by atoms with Gasteiger partial charge in [0.05, 0.1) is 5.39 Å². The second kappa shape index (κ2) is 2.88. The van der Waals surface area contributed by atoms with Gasteiger partial charge in [-0.2, -0.15) is 0 Å². The SMILES string of the molecule is NCc1cccc2onc(Br)c12. The molecule has 0 radical (unpaired) electrons. The van der Waals surface area contributed by atoms with E-state index in [-0.39, 0.29) is 0 Å². The third kappa shape index (κ3) is 1.04. The molecule has 4 heteroatoms. The highest BCUT2D eigenvalue weighted by molar-refractivity contribution is 9.10. The van der Waals surface area contributed by atoms with Crippen LogP contribution < -0.4 is 5.73 Å². The first-order chi connectivity index (χ1) is 5.83. The minimum Gasteiger partial charge on any atom is -0.355 e. The lowest BCUT2D eigenvalue weighted by molar-refractivity contribution is 0.451. The van der Waals surface area contributed by atoms with Crippen molar-refractivity contribution in [3.63, 3.8) is 0 Å². The molecule has 0 spiro atoms. The molecule has 0 atom stereocenters. The number of aromatic nitrogens is 1. The van der Waals surface area contributed by atoms with Crippen LogP contribution in [0.2, 0.25) is 0 Å². The molecule has 0 amide bonds. The minimum atomic E-state index is 0.497. The fourth-order valence-corrected chi connectivity index (χ4v) is 1.71. The predicted octanol–water partition coefficient (Wildman–Crippen LogP) is 2.05. The van der Waals surface area contributed by atoms with Gasteiger partial charge < -0.3 is 10.3 Å². The van der Waals surface area contributed by atoms with Gasteiger partial charge >= 0.3 is 0 Å². The molecule has 1 aromatic heterocycles. The van der Waals surface area contributed by atoms with Crippen LogP contribution in [0.3, 0.4) is 0 Å². The van der Waals surface area contributed by atoms with Crippen LogP contribution in [0.1, 0.15) is 5.56 Å². The lowest BCUT2D eigenvalue weighted by Gasteiger charge is -1.95. The average molecular weight is 227 g/mol. The Morgan fingerprint density at radius 2 is 2.33 bits per heavy atom. The van der Waals surface area contributed by atoms with Crippen molar-refractivity contribution in [1.29, 1.82) is 0 Å². The highest BCUT2D eigenvalue weighted by atomic mass is 79.9. The number of nitrogens with zero attached hydrogens (tertiary/aromatic N) is 1. The number of nitrogens with two attached hydrogens (primary N) is 1. The Morgan fingerprint density at radius 3 is 3.08 bits per heavy atom. The van der Waals surface area contributed by atoms with Gasteiger partial charge in [-0.3, -0.25) is 0 Å². The van der Waals surface area contributed by atoms with Gasteiger partial charge in [-0.1, -0.05) is 17.3 Å². The molecule has 1 aromatic carbocycles. The monoisotopic (exact) mass is 226 g/mol. The lowest BCUT2D eigenvalue weighted by atomic mass is 10.1. The van der Waals surface area contributed by atoms with Gasteiger partial charge in [-0.25, -0.2) is 0 Å². The van der Waals surface area contributed by atoms with Crippen LogP contribution in [-0.2, 0) is 6.54 Å². The third-order valence-electron chi connectivity index (χ3n) is 1.76. The zero-order chi connectivity index (χ0) is 8.55. The van der Waals surface area contributed by atoms with Crippen LogP contribution in [0.15, 0.2) is 27.3 Å². The maximum Gasteiger partial charge on any atom is 0.168 e. The second-order valence-electron chi connectivity index (χ2n) is 2.47. The standard InChI is InChI=1S/C8H7BrN2O/c9-8-7-5(4-10)2-1-3-6(7)12-11-8/h1-3H,4,10H2. The molecule has 0 aliphatic heterocycles. The summed E-state index contributed by atoms with van der Waals surface area (Å²) in [6, 6.07) is 5.73. The first-order valence-electron chi connectivity index (χ1n) is 3.56. The molecule has 62 valence electrons. The van der Waals surface area contributed by atoms with Crippen LogP contribution in [0.25, 0.3) is 11.0 Å². The largest absolute Gasteiger partial charge is 0.355 e. The summed E-state index contributed by atoms with van der Waals surface area (Å²) < 4.78 is 5.76. The first-order valence-corrected chi connectivity index (χ1v) is 4.35. The molecule has 0 unspecified atom stereocenters. The fraction of sp³-hybridized carbons (Fsp3) is 0.125. The molecule has 12 heavy (non-hydrogen) atoms. The molecule has 1 heterocycles. The molecule has 0 aliphatic rings. The van der Waals surface area contributed by atoms with Gasteiger partial charge in [-0.05, 0) is 27.6 Å². The van der Waals surface area contributed by atoms with E-state index < -0.39 is 0 Å². The van der Waals surface area contributed by atoms with Gasteiger partial charge in [-0.15, -0.1) is 0 Å². The molecular weight excluding hydrogens is 220 g/mol. The molecule has 2 rings (SSSR count). The maximum atomic E-state index is 5.55. The summed E-state index contributed by atoms with van der Waals surface area (Å²) in [6.45, 7) is 0.497. The average Bonchev–Trinajstić information content (AvgIpc) is 2.48. The highest BCUT2D eigenvalue weighted by Gasteiger charge is 2.07. The molecule has 3 nitrogen and oxygen atoms in total. The number of benzene rings is 1. The van der Waals surface area contributed by atoms with Gasteiger partial charge in [0.25, 0.3) is 0 Å². The van der Waals surface area contributed by atoms with E-state index in [0.29, 0.717) is 6.54 Å². The van der Waals surface area contributed by atoms with Crippen LogP contribution >= 0.6 is 15.9 Å². The lowest BCUT2D eigenvalue weighted by Crippen LogP contribution is -1.96. The Morgan fingerprint density at radius 1 is 1.50 bits per heavy atom. The molecule has 2 N–H and O–H groups in total. The summed E-state index contributed by atoms with van der Waals surface area (Å²) in [5, 5.41) is 4.76. The van der Waals surface area contributed by atoms with Crippen molar-refractivity contribution in [2.24, 2.45) is 5.73 Å². The number of hydrogen-bond donors (Lipinski definition) is 1. The first kappa shape index (κ1) is 7.76. The van der Waals surface area contributed by atoms with Crippen molar-refractivity contribution in [1.82, 2.24) is 5.16 Å². The number of fused-ring (bicyclic) bond motifs is 1. The van der Waals surface area contributed by atoms with Crippen molar-refractivity contribution in [2.45, 2.75) is 6.54 Å². The van der Waals surface area contributed by atoms with Crippen molar-refractivity contribution >= 4 is 26.9 Å². The number of rotatable bonds is 1. The van der Waals surface area contributed by atoms with Crippen LogP contribution in [0.5, 0.6) is 0 Å². The van der Waals surface area contributed by atoms with E-state index in [4.69, 9.17) is 10.3 Å². The van der Waals surface area contributed by atoms with E-state index in [1.54, 1.807) is 0 Å². The number of halogens is 1. The van der Waals surface area contributed by atoms with E-state index in [2.05, 4.69) is 21.1 Å². The summed E-state index contributed by atoms with van der Waals surface area (Å²) in [7, 11) is 0. The second-order valence-corrected chi connectivity index (χ2v) is 3.22. The normalized spacial score (nSPS) is 10.8. The van der Waals surface area contributed by atoms with Crippen molar-refractivity contribution in [2.75, 3.05) is 0 Å². The molecule has 0 aliphatic carbocycles. The van der Waals surface area contributed by atoms with Gasteiger partial charge in [0.1, 0.15) is 0 Å². The number of hydrogen-bond acceptors (Lipinski definition) is 3. The van der Waals surface area contributed by atoms with Crippen LogP contribution in [-0.4, -0.2) is 5.16 Å². The van der Waals surface area contributed by atoms with E-state index in [9.17, 15) is 0 Å². The van der Waals surface area contributed by atoms with Crippen LogP contribution in [0, 0.1) is 0 Å². The zero-order valence-corrected chi connectivity index (χ0v) is 7.84. The molecule has 0 fully saturated rings. The Labute approximate surface area is 77.7 Å². The molecule has 0 saturated heterocycles. The van der Waals surface area contributed by atoms with Crippen molar-refractivity contribution in [3.05, 3.63) is 28.4 Å². The molecule has 2 aromatic rings. The molecule has 0 saturated carbocycles. The Bertz CT molecular complexity index is 410. The van der Waals surface area contributed by atoms with Crippen molar-refractivity contribution < 1.29 is 4.52 Å². The Kier molecular flexibility index (Phi) is 1.86. The van der Waals surface area contributed by atoms with E-state index >= 15 is 0 Å². The van der Waals surface area contributed by atoms with E-state index in [1.165, 1.54) is 0 Å². The highest BCUT2D eigenvalue weighted by Crippen LogP contribution is 2.26. The maximum absolute atomic E-state index is 5.55. The Balaban J connectivity index is 2.84. The smallest absolute Gasteiger partial charge is 0.168 e. The summed E-state index contributed by atoms with van der Waals surface area (Å²) >= 11 is 3.30. The minimum absolute atomic E-state index is 0.497. The summed E-state index contributed by atoms with van der Waals surface area (Å²) in [5.41, 5.74) is 7.36. The van der Waals surface area contributed by atoms with Gasteiger partial charge in [0.2, 0.25) is 0 Å².